The van der Waals surface area contributed by atoms with Crippen molar-refractivity contribution in [3.8, 4) is 0 Å². The molecule has 5 rings (SSSR count). The third-order valence-corrected chi connectivity index (χ3v) is 6.63. The summed E-state index contributed by atoms with van der Waals surface area (Å²) in [6.45, 7) is 4.37. The van der Waals surface area contributed by atoms with Crippen LogP contribution >= 0.6 is 0 Å². The molecule has 3 nitrogen and oxygen atoms in total. The van der Waals surface area contributed by atoms with Gasteiger partial charge in [-0.1, -0.05) is 54.1 Å². The highest BCUT2D eigenvalue weighted by molar-refractivity contribution is 5.86. The zero-order valence-corrected chi connectivity index (χ0v) is 20.2. The molecule has 37 heavy (non-hydrogen) atoms. The van der Waals surface area contributed by atoms with Crippen LogP contribution in [0.25, 0.3) is 10.9 Å². The highest BCUT2D eigenvalue weighted by atomic mass is 19.4. The van der Waals surface area contributed by atoms with Gasteiger partial charge in [-0.15, -0.1) is 0 Å². The van der Waals surface area contributed by atoms with E-state index in [1.807, 2.05) is 55.3 Å². The van der Waals surface area contributed by atoms with Crippen molar-refractivity contribution >= 4 is 10.9 Å². The summed E-state index contributed by atoms with van der Waals surface area (Å²) < 4.78 is 71.2. The molecule has 0 spiro atoms. The summed E-state index contributed by atoms with van der Waals surface area (Å²) in [6.07, 6.45) is 2.86. The maximum absolute atomic E-state index is 14.6. The second kappa shape index (κ2) is 9.50. The normalized spacial score (nSPS) is 15.6. The number of aromatic nitrogens is 2. The van der Waals surface area contributed by atoms with E-state index in [-0.39, 0.29) is 17.6 Å². The Hall–Kier alpha value is -3.94. The highest BCUT2D eigenvalue weighted by Crippen LogP contribution is 2.39. The van der Waals surface area contributed by atoms with E-state index in [2.05, 4.69) is 11.2 Å². The Balaban J connectivity index is 1.66. The van der Waals surface area contributed by atoms with Gasteiger partial charge in [0.25, 0.3) is 0 Å². The first kappa shape index (κ1) is 24.7. The second-order valence-corrected chi connectivity index (χ2v) is 9.25. The molecular formula is C29H24F5N3. The lowest BCUT2D eigenvalue weighted by atomic mass is 10.0. The summed E-state index contributed by atoms with van der Waals surface area (Å²) in [5.74, 6) is -1.51. The lowest BCUT2D eigenvalue weighted by Crippen LogP contribution is -2.26. The Kier molecular flexibility index (Phi) is 6.35. The first-order valence-corrected chi connectivity index (χ1v) is 11.8. The molecule has 4 aromatic rings. The van der Waals surface area contributed by atoms with Crippen molar-refractivity contribution < 1.29 is 22.0 Å². The maximum atomic E-state index is 14.6. The predicted molar refractivity (Wildman–Crippen MR) is 133 cm³/mol. The number of hydrogen-bond donors (Lipinski definition) is 0. The minimum Gasteiger partial charge on any atom is -0.361 e. The van der Waals surface area contributed by atoms with Crippen LogP contribution < -0.4 is 0 Å². The van der Waals surface area contributed by atoms with Crippen LogP contribution in [0.3, 0.4) is 0 Å². The molecule has 8 heteroatoms. The Labute approximate surface area is 211 Å². The number of fused-ring (bicyclic) bond motifs is 1. The fourth-order valence-corrected chi connectivity index (χ4v) is 4.74. The number of rotatable bonds is 5. The molecule has 3 aromatic carbocycles. The number of aryl methyl sites for hydroxylation is 2. The minimum absolute atomic E-state index is 0.125. The van der Waals surface area contributed by atoms with Gasteiger partial charge in [-0.2, -0.15) is 18.3 Å². The molecule has 0 aliphatic carbocycles. The molecule has 0 radical (unpaired) electrons. The van der Waals surface area contributed by atoms with E-state index in [9.17, 15) is 22.0 Å². The van der Waals surface area contributed by atoms with Crippen LogP contribution in [0, 0.1) is 25.5 Å². The smallest absolute Gasteiger partial charge is 0.361 e. The lowest BCUT2D eigenvalue weighted by Gasteiger charge is -2.32. The van der Waals surface area contributed by atoms with Crippen molar-refractivity contribution in [1.82, 2.24) is 14.7 Å². The molecule has 1 aromatic heterocycles. The number of allylic oxidation sites excluding steroid dienone is 2. The Morgan fingerprint density at radius 3 is 2.46 bits per heavy atom. The van der Waals surface area contributed by atoms with Crippen LogP contribution in [0.15, 0.2) is 79.0 Å². The van der Waals surface area contributed by atoms with Crippen LogP contribution in [0.5, 0.6) is 0 Å². The van der Waals surface area contributed by atoms with E-state index < -0.39 is 29.4 Å². The molecule has 0 amide bonds. The SMILES string of the molecule is Cc1ccc(C)c(CN2C=CC=CC2c2c3cccc(C(F)(F)F)c3nn2Cc2ccc(F)cc2F)c1. The van der Waals surface area contributed by atoms with Crippen molar-refractivity contribution in [2.24, 2.45) is 0 Å². The van der Waals surface area contributed by atoms with Gasteiger partial charge in [-0.3, -0.25) is 4.68 Å². The quantitative estimate of drug-likeness (QED) is 0.258. The molecule has 190 valence electrons. The fourth-order valence-electron chi connectivity index (χ4n) is 4.74. The fraction of sp³-hybridized carbons (Fsp3) is 0.207. The topological polar surface area (TPSA) is 21.1 Å². The van der Waals surface area contributed by atoms with E-state index >= 15 is 0 Å². The molecule has 0 saturated heterocycles. The summed E-state index contributed by atoms with van der Waals surface area (Å²) in [4.78, 5) is 2.02. The molecule has 1 unspecified atom stereocenters. The van der Waals surface area contributed by atoms with Crippen LogP contribution in [0.1, 0.15) is 39.6 Å². The molecule has 0 N–H and O–H groups in total. The number of nitrogens with zero attached hydrogens (tertiary/aromatic N) is 3. The molecule has 0 saturated carbocycles. The summed E-state index contributed by atoms with van der Waals surface area (Å²) in [7, 11) is 0. The van der Waals surface area contributed by atoms with Crippen LogP contribution in [0.2, 0.25) is 0 Å². The highest BCUT2D eigenvalue weighted by Gasteiger charge is 2.35. The van der Waals surface area contributed by atoms with Gasteiger partial charge >= 0.3 is 6.18 Å². The van der Waals surface area contributed by atoms with Crippen LogP contribution in [0.4, 0.5) is 22.0 Å². The van der Waals surface area contributed by atoms with Gasteiger partial charge in [-0.25, -0.2) is 8.78 Å². The number of alkyl halides is 3. The predicted octanol–water partition coefficient (Wildman–Crippen LogP) is 7.63. The number of hydrogen-bond acceptors (Lipinski definition) is 2. The van der Waals surface area contributed by atoms with Crippen molar-refractivity contribution in [1.29, 1.82) is 0 Å². The van der Waals surface area contributed by atoms with Crippen molar-refractivity contribution in [3.05, 3.63) is 124 Å². The van der Waals surface area contributed by atoms with Crippen LogP contribution in [-0.4, -0.2) is 14.7 Å². The van der Waals surface area contributed by atoms with Gasteiger partial charge in [0.1, 0.15) is 17.2 Å². The van der Waals surface area contributed by atoms with E-state index in [0.29, 0.717) is 17.6 Å². The molecule has 1 atom stereocenters. The summed E-state index contributed by atoms with van der Waals surface area (Å²) in [6, 6.07) is 12.8. The van der Waals surface area contributed by atoms with Crippen molar-refractivity contribution in [2.45, 2.75) is 39.2 Å². The minimum atomic E-state index is -4.61. The van der Waals surface area contributed by atoms with Gasteiger partial charge in [-0.05, 0) is 43.2 Å². The molecular weight excluding hydrogens is 485 g/mol. The van der Waals surface area contributed by atoms with Gasteiger partial charge in [0.2, 0.25) is 0 Å². The average Bonchev–Trinajstić information content (AvgIpc) is 3.20. The molecule has 1 aliphatic rings. The zero-order chi connectivity index (χ0) is 26.3. The van der Waals surface area contributed by atoms with E-state index in [1.54, 1.807) is 6.07 Å². The van der Waals surface area contributed by atoms with Gasteiger partial charge in [0.05, 0.1) is 23.8 Å². The van der Waals surface area contributed by atoms with E-state index in [4.69, 9.17) is 0 Å². The van der Waals surface area contributed by atoms with Crippen LogP contribution in [-0.2, 0) is 19.3 Å². The largest absolute Gasteiger partial charge is 0.418 e. The molecule has 0 fully saturated rings. The maximum Gasteiger partial charge on any atom is 0.418 e. The third-order valence-electron chi connectivity index (χ3n) is 6.63. The molecule has 0 bridgehead atoms. The van der Waals surface area contributed by atoms with E-state index in [1.165, 1.54) is 16.8 Å². The first-order chi connectivity index (χ1) is 17.6. The zero-order valence-electron chi connectivity index (χ0n) is 20.2. The number of benzene rings is 3. The Morgan fingerprint density at radius 1 is 0.892 bits per heavy atom. The summed E-state index contributed by atoms with van der Waals surface area (Å²) >= 11 is 0. The van der Waals surface area contributed by atoms with Gasteiger partial charge in [0.15, 0.2) is 0 Å². The molecule has 2 heterocycles. The second-order valence-electron chi connectivity index (χ2n) is 9.25. The van der Waals surface area contributed by atoms with Gasteiger partial charge in [0, 0.05) is 29.8 Å². The van der Waals surface area contributed by atoms with Crippen molar-refractivity contribution in [3.63, 3.8) is 0 Å². The molecule has 1 aliphatic heterocycles. The number of halogens is 5. The summed E-state index contributed by atoms with van der Waals surface area (Å²) in [5, 5.41) is 4.66. The third kappa shape index (κ3) is 4.88. The van der Waals surface area contributed by atoms with Crippen molar-refractivity contribution in [2.75, 3.05) is 0 Å². The monoisotopic (exact) mass is 509 g/mol. The van der Waals surface area contributed by atoms with Gasteiger partial charge < -0.3 is 4.90 Å². The standard InChI is InChI=1S/C29H24F5N3/c1-18-9-10-19(2)21(14-18)16-36-13-4-3-8-26(36)28-23-6-5-7-24(29(32,33)34)27(23)35-37(28)17-20-11-12-22(30)15-25(20)31/h3-15,26H,16-17H2,1-2H3. The Morgan fingerprint density at radius 2 is 1.70 bits per heavy atom. The first-order valence-electron chi connectivity index (χ1n) is 11.8. The van der Waals surface area contributed by atoms with E-state index in [0.717, 1.165) is 34.9 Å². The average molecular weight is 510 g/mol. The summed E-state index contributed by atoms with van der Waals surface area (Å²) in [5.41, 5.74) is 2.84. The lowest BCUT2D eigenvalue weighted by molar-refractivity contribution is -0.136. The Bertz CT molecular complexity index is 1530.